The van der Waals surface area contributed by atoms with Crippen LogP contribution in [0.4, 0.5) is 11.4 Å². The molecule has 1 saturated heterocycles. The van der Waals surface area contributed by atoms with Crippen molar-refractivity contribution in [2.45, 2.75) is 18.9 Å². The number of rotatable bonds is 1. The van der Waals surface area contributed by atoms with E-state index in [4.69, 9.17) is 5.73 Å². The topological polar surface area (TPSA) is 62.4 Å². The molecule has 1 aromatic carbocycles. The number of hydrogen-bond acceptors (Lipinski definition) is 4. The van der Waals surface area contributed by atoms with E-state index in [1.807, 2.05) is 18.3 Å². The summed E-state index contributed by atoms with van der Waals surface area (Å²) in [4.78, 5) is 6.79. The van der Waals surface area contributed by atoms with E-state index in [-0.39, 0.29) is 6.10 Å². The normalized spacial score (nSPS) is 29.1. The van der Waals surface area contributed by atoms with Crippen molar-refractivity contribution in [2.24, 2.45) is 11.8 Å². The quantitative estimate of drug-likeness (QED) is 0.778. The fourth-order valence-electron chi connectivity index (χ4n) is 3.89. The summed E-state index contributed by atoms with van der Waals surface area (Å²) in [5.41, 5.74) is 8.82. The lowest BCUT2D eigenvalue weighted by Gasteiger charge is -2.22. The molecule has 1 aliphatic heterocycles. The second kappa shape index (κ2) is 4.35. The van der Waals surface area contributed by atoms with Gasteiger partial charge in [-0.05, 0) is 30.9 Å². The Morgan fingerprint density at radius 3 is 2.95 bits per heavy atom. The van der Waals surface area contributed by atoms with Crippen LogP contribution in [0.25, 0.3) is 10.9 Å². The monoisotopic (exact) mass is 269 g/mol. The Kier molecular flexibility index (Phi) is 2.60. The molecule has 3 N–H and O–H groups in total. The maximum Gasteiger partial charge on any atom is 0.0951 e. The smallest absolute Gasteiger partial charge is 0.0951 e. The lowest BCUT2D eigenvalue weighted by molar-refractivity contribution is 0.133. The van der Waals surface area contributed by atoms with Crippen molar-refractivity contribution in [3.63, 3.8) is 0 Å². The van der Waals surface area contributed by atoms with Crippen molar-refractivity contribution in [1.29, 1.82) is 0 Å². The number of para-hydroxylation sites is 1. The van der Waals surface area contributed by atoms with Crippen LogP contribution in [0.3, 0.4) is 0 Å². The number of nitrogen functional groups attached to an aromatic ring is 1. The Labute approximate surface area is 118 Å². The molecule has 2 aromatic rings. The first-order valence-corrected chi connectivity index (χ1v) is 7.30. The van der Waals surface area contributed by atoms with E-state index in [0.29, 0.717) is 11.8 Å². The molecule has 2 fully saturated rings. The summed E-state index contributed by atoms with van der Waals surface area (Å²) < 4.78 is 0. The molecule has 1 saturated carbocycles. The van der Waals surface area contributed by atoms with Crippen LogP contribution in [0.15, 0.2) is 30.5 Å². The molecule has 3 atom stereocenters. The molecular weight excluding hydrogens is 250 g/mol. The van der Waals surface area contributed by atoms with Crippen LogP contribution in [-0.4, -0.2) is 29.3 Å². The van der Waals surface area contributed by atoms with Gasteiger partial charge in [0.25, 0.3) is 0 Å². The Morgan fingerprint density at radius 2 is 2.10 bits per heavy atom. The molecule has 0 bridgehead atoms. The van der Waals surface area contributed by atoms with E-state index in [1.54, 1.807) is 0 Å². The third-order valence-corrected chi connectivity index (χ3v) is 4.94. The van der Waals surface area contributed by atoms with Gasteiger partial charge in [-0.1, -0.05) is 12.1 Å². The van der Waals surface area contributed by atoms with E-state index in [1.165, 1.54) is 5.69 Å². The number of aliphatic hydroxyl groups excluding tert-OH is 1. The van der Waals surface area contributed by atoms with Crippen LogP contribution in [0.2, 0.25) is 0 Å². The Morgan fingerprint density at radius 1 is 1.20 bits per heavy atom. The van der Waals surface area contributed by atoms with Crippen molar-refractivity contribution in [1.82, 2.24) is 4.98 Å². The van der Waals surface area contributed by atoms with Crippen LogP contribution in [0.1, 0.15) is 12.8 Å². The maximum atomic E-state index is 10.1. The minimum absolute atomic E-state index is 0.122. The van der Waals surface area contributed by atoms with Gasteiger partial charge in [0, 0.05) is 36.3 Å². The summed E-state index contributed by atoms with van der Waals surface area (Å²) in [6, 6.07) is 8.02. The third kappa shape index (κ3) is 1.68. The second-order valence-corrected chi connectivity index (χ2v) is 6.05. The molecule has 20 heavy (non-hydrogen) atoms. The molecule has 2 heterocycles. The van der Waals surface area contributed by atoms with Gasteiger partial charge >= 0.3 is 0 Å². The number of benzene rings is 1. The molecule has 1 aliphatic carbocycles. The van der Waals surface area contributed by atoms with Gasteiger partial charge in [0.15, 0.2) is 0 Å². The van der Waals surface area contributed by atoms with Gasteiger partial charge in [-0.2, -0.15) is 0 Å². The van der Waals surface area contributed by atoms with Gasteiger partial charge in [-0.15, -0.1) is 0 Å². The zero-order valence-corrected chi connectivity index (χ0v) is 11.4. The van der Waals surface area contributed by atoms with Crippen LogP contribution in [-0.2, 0) is 0 Å². The number of aromatic nitrogens is 1. The van der Waals surface area contributed by atoms with Crippen molar-refractivity contribution in [3.05, 3.63) is 30.5 Å². The highest BCUT2D eigenvalue weighted by atomic mass is 16.3. The van der Waals surface area contributed by atoms with Gasteiger partial charge < -0.3 is 15.7 Å². The molecule has 104 valence electrons. The minimum Gasteiger partial charge on any atom is -0.397 e. The summed E-state index contributed by atoms with van der Waals surface area (Å²) in [7, 11) is 0. The average molecular weight is 269 g/mol. The van der Waals surface area contributed by atoms with Gasteiger partial charge in [-0.3, -0.25) is 4.98 Å². The highest BCUT2D eigenvalue weighted by molar-refractivity contribution is 5.98. The van der Waals surface area contributed by atoms with Crippen molar-refractivity contribution >= 4 is 22.3 Å². The number of hydrogen-bond donors (Lipinski definition) is 2. The summed E-state index contributed by atoms with van der Waals surface area (Å²) in [6.07, 6.45) is 3.82. The molecule has 0 radical (unpaired) electrons. The van der Waals surface area contributed by atoms with Crippen molar-refractivity contribution < 1.29 is 5.11 Å². The van der Waals surface area contributed by atoms with Crippen LogP contribution in [0.5, 0.6) is 0 Å². The first-order chi connectivity index (χ1) is 9.74. The van der Waals surface area contributed by atoms with Crippen molar-refractivity contribution in [2.75, 3.05) is 23.7 Å². The van der Waals surface area contributed by atoms with Gasteiger partial charge in [0.05, 0.1) is 17.3 Å². The second-order valence-electron chi connectivity index (χ2n) is 6.05. The first kappa shape index (κ1) is 12.0. The third-order valence-electron chi connectivity index (χ3n) is 4.94. The number of nitrogens with zero attached hydrogens (tertiary/aromatic N) is 2. The number of fused-ring (bicyclic) bond motifs is 2. The zero-order valence-electron chi connectivity index (χ0n) is 11.4. The highest BCUT2D eigenvalue weighted by Gasteiger charge is 2.42. The number of anilines is 2. The van der Waals surface area contributed by atoms with E-state index in [9.17, 15) is 5.11 Å². The molecule has 4 nitrogen and oxygen atoms in total. The van der Waals surface area contributed by atoms with E-state index in [2.05, 4.69) is 22.0 Å². The summed E-state index contributed by atoms with van der Waals surface area (Å²) >= 11 is 0. The van der Waals surface area contributed by atoms with E-state index >= 15 is 0 Å². The summed E-state index contributed by atoms with van der Waals surface area (Å²) in [5.74, 6) is 1.06. The van der Waals surface area contributed by atoms with Gasteiger partial charge in [0.1, 0.15) is 0 Å². The largest absolute Gasteiger partial charge is 0.397 e. The van der Waals surface area contributed by atoms with Crippen LogP contribution >= 0.6 is 0 Å². The standard InChI is InChI=1S/C16H19N3O/c17-13-3-1-2-11-14(6-7-18-16(11)13)19-8-10-4-5-15(20)12(10)9-19/h1-3,6-7,10,12,15,20H,4-5,8-9,17H2. The molecule has 4 heteroatoms. The summed E-state index contributed by atoms with van der Waals surface area (Å²) in [6.45, 7) is 1.98. The fourth-order valence-corrected chi connectivity index (χ4v) is 3.89. The average Bonchev–Trinajstić information content (AvgIpc) is 3.02. The zero-order chi connectivity index (χ0) is 13.7. The fraction of sp³-hybridized carbons (Fsp3) is 0.438. The van der Waals surface area contributed by atoms with Crippen molar-refractivity contribution in [3.8, 4) is 0 Å². The number of aliphatic hydroxyl groups is 1. The molecule has 2 aliphatic rings. The minimum atomic E-state index is -0.122. The van der Waals surface area contributed by atoms with Gasteiger partial charge in [-0.25, -0.2) is 0 Å². The molecule has 0 amide bonds. The SMILES string of the molecule is Nc1cccc2c(N3CC4CCC(O)C4C3)ccnc12. The molecule has 1 aromatic heterocycles. The molecule has 4 rings (SSSR count). The maximum absolute atomic E-state index is 10.1. The van der Waals surface area contributed by atoms with E-state index in [0.717, 1.165) is 42.5 Å². The number of pyridine rings is 1. The Hall–Kier alpha value is -1.81. The predicted octanol–water partition coefficient (Wildman–Crippen LogP) is 2.02. The first-order valence-electron chi connectivity index (χ1n) is 7.30. The Bertz CT molecular complexity index is 657. The van der Waals surface area contributed by atoms with Crippen LogP contribution < -0.4 is 10.6 Å². The molecule has 0 spiro atoms. The highest BCUT2D eigenvalue weighted by Crippen LogP contribution is 2.41. The van der Waals surface area contributed by atoms with Crippen LogP contribution in [0, 0.1) is 11.8 Å². The lowest BCUT2D eigenvalue weighted by Crippen LogP contribution is -2.24. The molecular formula is C16H19N3O. The van der Waals surface area contributed by atoms with E-state index < -0.39 is 0 Å². The lowest BCUT2D eigenvalue weighted by atomic mass is 10.00. The summed E-state index contributed by atoms with van der Waals surface area (Å²) in [5, 5.41) is 11.2. The molecule has 3 unspecified atom stereocenters. The predicted molar refractivity (Wildman–Crippen MR) is 80.6 cm³/mol. The Balaban J connectivity index is 1.75. The number of nitrogens with two attached hydrogens (primary N) is 1. The van der Waals surface area contributed by atoms with Gasteiger partial charge in [0.2, 0.25) is 0 Å².